The van der Waals surface area contributed by atoms with Gasteiger partial charge in [-0.2, -0.15) is 0 Å². The van der Waals surface area contributed by atoms with E-state index in [4.69, 9.17) is 0 Å². The summed E-state index contributed by atoms with van der Waals surface area (Å²) in [5.74, 6) is 0. The quantitative estimate of drug-likeness (QED) is 0.638. The molecule has 0 radical (unpaired) electrons. The first kappa shape index (κ1) is 17.4. The summed E-state index contributed by atoms with van der Waals surface area (Å²) in [5.41, 5.74) is 4.52. The molecule has 0 bridgehead atoms. The van der Waals surface area contributed by atoms with Crippen molar-refractivity contribution < 1.29 is 0 Å². The van der Waals surface area contributed by atoms with Gasteiger partial charge in [0.15, 0.2) is 0 Å². The predicted octanol–water partition coefficient (Wildman–Crippen LogP) is 4.90. The fraction of sp³-hybridized carbons (Fsp3) is 0.474. The van der Waals surface area contributed by atoms with E-state index in [1.807, 2.05) is 6.20 Å². The Hall–Kier alpha value is -1.70. The standard InChI is InChI=1S/C19H30N2/c1-7-10-19-14-13-18(17(6)21(19)9-3)12-11-15(4)16(5)20-8-2/h9,11-12,19-20H,3-5,7-8,10,13-14H2,1-2,6H3/b12-11-. The molecule has 0 fully saturated rings. The normalized spacial score (nSPS) is 19.0. The van der Waals surface area contributed by atoms with E-state index in [9.17, 15) is 0 Å². The molecule has 1 rings (SSSR count). The SMILES string of the molecule is C=CN1C(C)=C(/C=C\C(=C)C(=C)NCC)CCC1CCC. The second-order valence-corrected chi connectivity index (χ2v) is 5.55. The van der Waals surface area contributed by atoms with Gasteiger partial charge in [-0.05, 0) is 50.5 Å². The summed E-state index contributed by atoms with van der Waals surface area (Å²) in [7, 11) is 0. The van der Waals surface area contributed by atoms with Crippen molar-refractivity contribution in [2.24, 2.45) is 0 Å². The number of rotatable bonds is 8. The summed E-state index contributed by atoms with van der Waals surface area (Å²) in [5, 5.41) is 3.20. The number of hydrogen-bond donors (Lipinski definition) is 1. The molecule has 116 valence electrons. The van der Waals surface area contributed by atoms with Crippen LogP contribution >= 0.6 is 0 Å². The zero-order chi connectivity index (χ0) is 15.8. The molecule has 0 saturated heterocycles. The Kier molecular flexibility index (Phi) is 7.07. The lowest BCUT2D eigenvalue weighted by Crippen LogP contribution is -2.33. The van der Waals surface area contributed by atoms with Gasteiger partial charge in [0.05, 0.1) is 0 Å². The minimum Gasteiger partial charge on any atom is -0.385 e. The Labute approximate surface area is 130 Å². The molecule has 1 aliphatic heterocycles. The van der Waals surface area contributed by atoms with Crippen LogP contribution in [0.5, 0.6) is 0 Å². The number of nitrogens with one attached hydrogen (secondary N) is 1. The minimum absolute atomic E-state index is 0.601. The van der Waals surface area contributed by atoms with E-state index >= 15 is 0 Å². The monoisotopic (exact) mass is 286 g/mol. The Morgan fingerprint density at radius 2 is 2.10 bits per heavy atom. The van der Waals surface area contributed by atoms with Gasteiger partial charge in [-0.25, -0.2) is 0 Å². The van der Waals surface area contributed by atoms with Crippen LogP contribution in [-0.4, -0.2) is 17.5 Å². The average molecular weight is 286 g/mol. The molecule has 0 aromatic heterocycles. The van der Waals surface area contributed by atoms with E-state index in [2.05, 4.69) is 62.9 Å². The van der Waals surface area contributed by atoms with Crippen molar-refractivity contribution in [2.75, 3.05) is 6.54 Å². The third-order valence-electron chi connectivity index (χ3n) is 4.07. The third-order valence-corrected chi connectivity index (χ3v) is 4.07. The van der Waals surface area contributed by atoms with Gasteiger partial charge in [0.1, 0.15) is 0 Å². The van der Waals surface area contributed by atoms with Crippen LogP contribution in [0.25, 0.3) is 0 Å². The van der Waals surface area contributed by atoms with Gasteiger partial charge in [0, 0.05) is 24.0 Å². The fourth-order valence-electron chi connectivity index (χ4n) is 2.82. The Morgan fingerprint density at radius 1 is 1.38 bits per heavy atom. The van der Waals surface area contributed by atoms with Crippen LogP contribution in [0.2, 0.25) is 0 Å². The van der Waals surface area contributed by atoms with Crippen LogP contribution in [0.3, 0.4) is 0 Å². The maximum absolute atomic E-state index is 4.06. The van der Waals surface area contributed by atoms with Crippen molar-refractivity contribution in [3.05, 3.63) is 60.6 Å². The van der Waals surface area contributed by atoms with Crippen LogP contribution in [0.4, 0.5) is 0 Å². The maximum Gasteiger partial charge on any atom is 0.0336 e. The highest BCUT2D eigenvalue weighted by Gasteiger charge is 2.22. The first-order chi connectivity index (χ1) is 10.0. The molecule has 21 heavy (non-hydrogen) atoms. The lowest BCUT2D eigenvalue weighted by molar-refractivity contribution is 0.281. The van der Waals surface area contributed by atoms with E-state index in [0.29, 0.717) is 6.04 Å². The van der Waals surface area contributed by atoms with Gasteiger partial charge >= 0.3 is 0 Å². The molecule has 0 aromatic rings. The summed E-state index contributed by atoms with van der Waals surface area (Å²) in [4.78, 5) is 2.33. The van der Waals surface area contributed by atoms with Gasteiger partial charge < -0.3 is 10.2 Å². The molecular formula is C19H30N2. The predicted molar refractivity (Wildman–Crippen MR) is 93.8 cm³/mol. The molecule has 1 unspecified atom stereocenters. The summed E-state index contributed by atoms with van der Waals surface area (Å²) in [6, 6.07) is 0.601. The van der Waals surface area contributed by atoms with Crippen molar-refractivity contribution >= 4 is 0 Å². The van der Waals surface area contributed by atoms with Crippen molar-refractivity contribution in [2.45, 2.75) is 52.5 Å². The van der Waals surface area contributed by atoms with E-state index in [1.165, 1.54) is 30.5 Å². The van der Waals surface area contributed by atoms with Crippen molar-refractivity contribution in [1.29, 1.82) is 0 Å². The molecular weight excluding hydrogens is 256 g/mol. The third kappa shape index (κ3) is 4.66. The van der Waals surface area contributed by atoms with E-state index in [-0.39, 0.29) is 0 Å². The second-order valence-electron chi connectivity index (χ2n) is 5.55. The first-order valence-electron chi connectivity index (χ1n) is 7.95. The summed E-state index contributed by atoms with van der Waals surface area (Å²) in [6.45, 7) is 19.4. The summed E-state index contributed by atoms with van der Waals surface area (Å²) < 4.78 is 0. The van der Waals surface area contributed by atoms with Crippen molar-refractivity contribution in [3.8, 4) is 0 Å². The molecule has 1 aliphatic rings. The Balaban J connectivity index is 2.83. The highest BCUT2D eigenvalue weighted by atomic mass is 15.2. The molecule has 0 spiro atoms. The summed E-state index contributed by atoms with van der Waals surface area (Å²) in [6.07, 6.45) is 11.0. The molecule has 1 N–H and O–H groups in total. The van der Waals surface area contributed by atoms with Gasteiger partial charge in [-0.15, -0.1) is 0 Å². The highest BCUT2D eigenvalue weighted by molar-refractivity contribution is 5.39. The van der Waals surface area contributed by atoms with E-state index < -0.39 is 0 Å². The lowest BCUT2D eigenvalue weighted by Gasteiger charge is -2.36. The number of hydrogen-bond acceptors (Lipinski definition) is 2. The van der Waals surface area contributed by atoms with Gasteiger partial charge in [-0.3, -0.25) is 0 Å². The zero-order valence-corrected chi connectivity index (χ0v) is 13.9. The topological polar surface area (TPSA) is 15.3 Å². The molecule has 1 atom stereocenters. The Bertz CT molecular complexity index is 454. The van der Waals surface area contributed by atoms with Crippen LogP contribution in [0.1, 0.15) is 46.5 Å². The molecule has 0 aliphatic carbocycles. The molecule has 1 heterocycles. The minimum atomic E-state index is 0.601. The molecule has 0 aromatic carbocycles. The largest absolute Gasteiger partial charge is 0.385 e. The highest BCUT2D eigenvalue weighted by Crippen LogP contribution is 2.30. The average Bonchev–Trinajstić information content (AvgIpc) is 2.47. The number of nitrogens with zero attached hydrogens (tertiary/aromatic N) is 1. The Morgan fingerprint density at radius 3 is 2.67 bits per heavy atom. The maximum atomic E-state index is 4.06. The lowest BCUT2D eigenvalue weighted by atomic mass is 9.93. The molecule has 2 nitrogen and oxygen atoms in total. The van der Waals surface area contributed by atoms with Gasteiger partial charge in [0.25, 0.3) is 0 Å². The van der Waals surface area contributed by atoms with E-state index in [1.54, 1.807) is 0 Å². The van der Waals surface area contributed by atoms with Crippen LogP contribution in [-0.2, 0) is 0 Å². The van der Waals surface area contributed by atoms with Crippen LogP contribution in [0, 0.1) is 0 Å². The van der Waals surface area contributed by atoms with Gasteiger partial charge in [0.2, 0.25) is 0 Å². The zero-order valence-electron chi connectivity index (χ0n) is 13.9. The summed E-state index contributed by atoms with van der Waals surface area (Å²) >= 11 is 0. The first-order valence-corrected chi connectivity index (χ1v) is 7.95. The number of likely N-dealkylation sites (N-methyl/N-ethyl adjacent to an activating group) is 1. The molecule has 0 amide bonds. The van der Waals surface area contributed by atoms with Crippen LogP contribution < -0.4 is 5.32 Å². The van der Waals surface area contributed by atoms with E-state index in [0.717, 1.165) is 24.2 Å². The number of allylic oxidation sites excluding steroid dienone is 4. The van der Waals surface area contributed by atoms with Crippen molar-refractivity contribution in [3.63, 3.8) is 0 Å². The second kappa shape index (κ2) is 8.56. The molecule has 2 heteroatoms. The smallest absolute Gasteiger partial charge is 0.0336 e. The molecule has 0 saturated carbocycles. The van der Waals surface area contributed by atoms with Crippen LogP contribution in [0.15, 0.2) is 60.6 Å². The fourth-order valence-corrected chi connectivity index (χ4v) is 2.82. The van der Waals surface area contributed by atoms with Crippen molar-refractivity contribution in [1.82, 2.24) is 10.2 Å². The van der Waals surface area contributed by atoms with Gasteiger partial charge in [-0.1, -0.05) is 45.2 Å².